The standard InChI is InChI=1S/C23H27F3N6O/c1-31(17-3-2-4-17)18-9-10-20(14(11-18)12-27)32-13-19(21(28)33)22(30-32)29-16-7-5-15(6-8-16)23(24,25)26/h5-8,13-14,17-18,20H,2-4,9-11H2,1H3,(H2,28,33)(H,29,30). The first-order valence-corrected chi connectivity index (χ1v) is 11.1. The van der Waals surface area contributed by atoms with E-state index in [1.165, 1.54) is 37.6 Å². The Morgan fingerprint density at radius 3 is 2.45 bits per heavy atom. The molecule has 0 radical (unpaired) electrons. The Morgan fingerprint density at radius 1 is 1.21 bits per heavy atom. The molecule has 0 spiro atoms. The first-order chi connectivity index (χ1) is 15.7. The van der Waals surface area contributed by atoms with Gasteiger partial charge < -0.3 is 16.0 Å². The number of amides is 1. The van der Waals surface area contributed by atoms with Crippen LogP contribution < -0.4 is 11.1 Å². The first kappa shape index (κ1) is 23.1. The number of hydrogen-bond donors (Lipinski definition) is 2. The van der Waals surface area contributed by atoms with Gasteiger partial charge in [-0.3, -0.25) is 9.48 Å². The van der Waals surface area contributed by atoms with Gasteiger partial charge in [-0.05, 0) is 63.4 Å². The highest BCUT2D eigenvalue weighted by atomic mass is 19.4. The minimum atomic E-state index is -4.43. The summed E-state index contributed by atoms with van der Waals surface area (Å²) in [7, 11) is 2.13. The number of anilines is 2. The van der Waals surface area contributed by atoms with Crippen LogP contribution in [0.2, 0.25) is 0 Å². The van der Waals surface area contributed by atoms with Crippen LogP contribution in [-0.4, -0.2) is 39.7 Å². The van der Waals surface area contributed by atoms with E-state index in [0.717, 1.165) is 31.4 Å². The number of nitriles is 1. The van der Waals surface area contributed by atoms with Crippen LogP contribution in [0.1, 0.15) is 60.5 Å². The maximum Gasteiger partial charge on any atom is 0.416 e. The second-order valence-electron chi connectivity index (χ2n) is 8.96. The number of halogens is 3. The summed E-state index contributed by atoms with van der Waals surface area (Å²) in [6, 6.07) is 7.58. The van der Waals surface area contributed by atoms with Gasteiger partial charge in [-0.1, -0.05) is 6.42 Å². The van der Waals surface area contributed by atoms with Crippen molar-refractivity contribution in [2.75, 3.05) is 12.4 Å². The molecule has 4 rings (SSSR count). The molecule has 1 heterocycles. The van der Waals surface area contributed by atoms with Gasteiger partial charge in [0, 0.05) is 24.0 Å². The number of carbonyl (C=O) groups excluding carboxylic acids is 1. The lowest BCUT2D eigenvalue weighted by molar-refractivity contribution is -0.137. The highest BCUT2D eigenvalue weighted by molar-refractivity contribution is 5.98. The zero-order valence-electron chi connectivity index (χ0n) is 18.3. The summed E-state index contributed by atoms with van der Waals surface area (Å²) in [5, 5.41) is 17.2. The van der Waals surface area contributed by atoms with Gasteiger partial charge in [-0.15, -0.1) is 0 Å². The highest BCUT2D eigenvalue weighted by Gasteiger charge is 2.37. The van der Waals surface area contributed by atoms with Crippen LogP contribution in [0.4, 0.5) is 24.7 Å². The van der Waals surface area contributed by atoms with Crippen LogP contribution in [0, 0.1) is 17.2 Å². The van der Waals surface area contributed by atoms with Crippen LogP contribution in [-0.2, 0) is 6.18 Å². The Hall–Kier alpha value is -3.06. The monoisotopic (exact) mass is 460 g/mol. The molecule has 2 aromatic rings. The van der Waals surface area contributed by atoms with E-state index in [9.17, 15) is 23.2 Å². The van der Waals surface area contributed by atoms with E-state index in [2.05, 4.69) is 28.4 Å². The van der Waals surface area contributed by atoms with Crippen molar-refractivity contribution in [3.63, 3.8) is 0 Å². The van der Waals surface area contributed by atoms with Gasteiger partial charge in [-0.2, -0.15) is 23.5 Å². The summed E-state index contributed by atoms with van der Waals surface area (Å²) in [6.07, 6.45) is 3.13. The van der Waals surface area contributed by atoms with E-state index in [1.54, 1.807) is 4.68 Å². The second-order valence-corrected chi connectivity index (χ2v) is 8.96. The molecule has 0 bridgehead atoms. The Kier molecular flexibility index (Phi) is 6.34. The average Bonchev–Trinajstić information content (AvgIpc) is 3.15. The number of carbonyl (C=O) groups is 1. The molecule has 10 heteroatoms. The average molecular weight is 461 g/mol. The number of primary amides is 1. The third-order valence-corrected chi connectivity index (χ3v) is 6.99. The third-order valence-electron chi connectivity index (χ3n) is 6.99. The van der Waals surface area contributed by atoms with Gasteiger partial charge in [-0.25, -0.2) is 0 Å². The lowest BCUT2D eigenvalue weighted by Crippen LogP contribution is -2.47. The molecular weight excluding hydrogens is 433 g/mol. The maximum absolute atomic E-state index is 12.8. The zero-order valence-corrected chi connectivity index (χ0v) is 18.3. The van der Waals surface area contributed by atoms with Crippen molar-refractivity contribution in [1.29, 1.82) is 5.26 Å². The Morgan fingerprint density at radius 2 is 1.91 bits per heavy atom. The van der Waals surface area contributed by atoms with E-state index in [1.807, 2.05) is 0 Å². The molecule has 33 heavy (non-hydrogen) atoms. The van der Waals surface area contributed by atoms with Gasteiger partial charge in [0.15, 0.2) is 5.82 Å². The predicted octanol–water partition coefficient (Wildman–Crippen LogP) is 4.46. The van der Waals surface area contributed by atoms with E-state index < -0.39 is 17.6 Å². The molecular formula is C23H27F3N6O. The number of alkyl halides is 3. The summed E-state index contributed by atoms with van der Waals surface area (Å²) in [5.41, 5.74) is 5.23. The van der Waals surface area contributed by atoms with Gasteiger partial charge in [0.2, 0.25) is 0 Å². The van der Waals surface area contributed by atoms with Crippen molar-refractivity contribution in [3.8, 4) is 6.07 Å². The van der Waals surface area contributed by atoms with Crippen molar-refractivity contribution in [3.05, 3.63) is 41.6 Å². The molecule has 2 fully saturated rings. The van der Waals surface area contributed by atoms with Crippen molar-refractivity contribution in [1.82, 2.24) is 14.7 Å². The first-order valence-electron chi connectivity index (χ1n) is 11.1. The van der Waals surface area contributed by atoms with Crippen LogP contribution in [0.15, 0.2) is 30.5 Å². The van der Waals surface area contributed by atoms with E-state index >= 15 is 0 Å². The predicted molar refractivity (Wildman–Crippen MR) is 117 cm³/mol. The smallest absolute Gasteiger partial charge is 0.365 e. The number of rotatable bonds is 6. The molecule has 3 unspecified atom stereocenters. The molecule has 1 aromatic heterocycles. The Balaban J connectivity index is 1.52. The van der Waals surface area contributed by atoms with Crippen LogP contribution in [0.3, 0.4) is 0 Å². The molecule has 2 saturated carbocycles. The van der Waals surface area contributed by atoms with Gasteiger partial charge in [0.25, 0.3) is 5.91 Å². The summed E-state index contributed by atoms with van der Waals surface area (Å²) in [6.45, 7) is 0. The molecule has 3 N–H and O–H groups in total. The molecule has 2 aliphatic carbocycles. The number of nitrogens with one attached hydrogen (secondary N) is 1. The van der Waals surface area contributed by atoms with Gasteiger partial charge in [0.05, 0.1) is 23.6 Å². The Bertz CT molecular complexity index is 1040. The van der Waals surface area contributed by atoms with Crippen molar-refractivity contribution < 1.29 is 18.0 Å². The Labute approximate surface area is 190 Å². The molecule has 176 valence electrons. The SMILES string of the molecule is CN(C1CCC1)C1CCC(n2cc(C(N)=O)c(Nc3ccc(C(F)(F)F)cc3)n2)C(C#N)C1. The van der Waals surface area contributed by atoms with Crippen molar-refractivity contribution in [2.24, 2.45) is 11.7 Å². The molecule has 0 aliphatic heterocycles. The fraction of sp³-hybridized carbons (Fsp3) is 0.522. The van der Waals surface area contributed by atoms with Crippen LogP contribution in [0.25, 0.3) is 0 Å². The molecule has 1 aromatic carbocycles. The van der Waals surface area contributed by atoms with Crippen molar-refractivity contribution >= 4 is 17.4 Å². The maximum atomic E-state index is 12.8. The fourth-order valence-corrected chi connectivity index (χ4v) is 4.76. The fourth-order valence-electron chi connectivity index (χ4n) is 4.76. The quantitative estimate of drug-likeness (QED) is 0.663. The highest BCUT2D eigenvalue weighted by Crippen LogP contribution is 2.39. The van der Waals surface area contributed by atoms with E-state index in [4.69, 9.17) is 5.73 Å². The lowest BCUT2D eigenvalue weighted by atomic mass is 9.80. The topological polar surface area (TPSA) is 100.0 Å². The number of aromatic nitrogens is 2. The zero-order chi connectivity index (χ0) is 23.8. The minimum absolute atomic E-state index is 0.125. The van der Waals surface area contributed by atoms with Crippen molar-refractivity contribution in [2.45, 2.75) is 62.8 Å². The summed E-state index contributed by atoms with van der Waals surface area (Å²) < 4.78 is 40.1. The minimum Gasteiger partial charge on any atom is -0.365 e. The normalized spacial score (nSPS) is 23.7. The molecule has 3 atom stereocenters. The second kappa shape index (κ2) is 9.06. The van der Waals surface area contributed by atoms with Crippen LogP contribution in [0.5, 0.6) is 0 Å². The molecule has 2 aliphatic rings. The third kappa shape index (κ3) is 4.83. The van der Waals surface area contributed by atoms with Gasteiger partial charge in [0.1, 0.15) is 5.56 Å². The summed E-state index contributed by atoms with van der Waals surface area (Å²) in [5.74, 6) is -0.818. The number of benzene rings is 1. The lowest BCUT2D eigenvalue weighted by Gasteiger charge is -2.44. The van der Waals surface area contributed by atoms with E-state index in [-0.39, 0.29) is 23.3 Å². The molecule has 1 amide bonds. The largest absolute Gasteiger partial charge is 0.416 e. The van der Waals surface area contributed by atoms with Crippen LogP contribution >= 0.6 is 0 Å². The van der Waals surface area contributed by atoms with E-state index in [0.29, 0.717) is 17.8 Å². The van der Waals surface area contributed by atoms with Gasteiger partial charge >= 0.3 is 6.18 Å². The number of nitrogens with two attached hydrogens (primary N) is 1. The number of nitrogens with zero attached hydrogens (tertiary/aromatic N) is 4. The summed E-state index contributed by atoms with van der Waals surface area (Å²) >= 11 is 0. The summed E-state index contributed by atoms with van der Waals surface area (Å²) in [4.78, 5) is 14.4. The molecule has 7 nitrogen and oxygen atoms in total. The molecule has 0 saturated heterocycles. The number of hydrogen-bond acceptors (Lipinski definition) is 5.